The van der Waals surface area contributed by atoms with E-state index >= 15 is 0 Å². The van der Waals surface area contributed by atoms with Crippen LogP contribution < -0.4 is 0 Å². The molecule has 0 spiro atoms. The van der Waals surface area contributed by atoms with Crippen LogP contribution in [-0.4, -0.2) is 9.55 Å². The van der Waals surface area contributed by atoms with E-state index in [0.29, 0.717) is 0 Å². The van der Waals surface area contributed by atoms with E-state index in [4.69, 9.17) is 4.98 Å². The molecule has 2 heterocycles. The molecular weight excluding hydrogens is 641 g/mol. The van der Waals surface area contributed by atoms with Crippen LogP contribution in [0, 0.1) is 12.8 Å². The number of benzene rings is 8. The Balaban J connectivity index is 1.10. The van der Waals surface area contributed by atoms with E-state index in [1.54, 1.807) is 0 Å². The first-order chi connectivity index (χ1) is 26.2. The molecule has 0 saturated heterocycles. The van der Waals surface area contributed by atoms with Gasteiger partial charge in [0.25, 0.3) is 0 Å². The molecule has 11 rings (SSSR count). The average molecular weight is 677 g/mol. The highest BCUT2D eigenvalue weighted by atomic mass is 15.2. The summed E-state index contributed by atoms with van der Waals surface area (Å²) in [5, 5.41) is 7.77. The molecule has 3 atom stereocenters. The quantitative estimate of drug-likeness (QED) is 0.170. The van der Waals surface area contributed by atoms with Gasteiger partial charge in [0.2, 0.25) is 0 Å². The van der Waals surface area contributed by atoms with E-state index in [-0.39, 0.29) is 12.0 Å². The van der Waals surface area contributed by atoms with Crippen LogP contribution >= 0.6 is 0 Å². The van der Waals surface area contributed by atoms with E-state index in [0.717, 1.165) is 11.3 Å². The number of hydrogen-bond acceptors (Lipinski definition) is 1. The van der Waals surface area contributed by atoms with Gasteiger partial charge in [0.05, 0.1) is 22.5 Å². The Morgan fingerprint density at radius 2 is 1.08 bits per heavy atom. The highest BCUT2D eigenvalue weighted by Crippen LogP contribution is 2.58. The summed E-state index contributed by atoms with van der Waals surface area (Å²) in [5.41, 5.74) is 10.4. The largest absolute Gasteiger partial charge is 0.319 e. The van der Waals surface area contributed by atoms with E-state index in [2.05, 4.69) is 200 Å². The number of aromatic nitrogens is 2. The number of fused-ring (bicyclic) bond motifs is 11. The number of hydrogen-bond donors (Lipinski definition) is 0. The first-order valence-corrected chi connectivity index (χ1v) is 18.6. The zero-order valence-electron chi connectivity index (χ0n) is 29.4. The Hall–Kier alpha value is -6.51. The molecule has 1 aromatic heterocycles. The Labute approximate surface area is 309 Å². The molecule has 0 radical (unpaired) electrons. The fourth-order valence-electron chi connectivity index (χ4n) is 9.69. The van der Waals surface area contributed by atoms with E-state index < -0.39 is 5.41 Å². The van der Waals surface area contributed by atoms with Crippen LogP contribution in [0.5, 0.6) is 0 Å². The van der Waals surface area contributed by atoms with Gasteiger partial charge in [-0.1, -0.05) is 158 Å². The SMILES string of the molecule is Cc1ccc(-c2cccc(-c3ccc4c5ccccc5c5ccccc5c4c3)c2)cc1C1(c2ccccc2)c2nc3ccccc3n2C2C=CC=CC21. The molecule has 0 N–H and O–H groups in total. The zero-order valence-corrected chi connectivity index (χ0v) is 29.4. The van der Waals surface area contributed by atoms with Gasteiger partial charge in [0.1, 0.15) is 5.82 Å². The van der Waals surface area contributed by atoms with E-state index in [9.17, 15) is 0 Å². The molecule has 250 valence electrons. The molecule has 0 bridgehead atoms. The van der Waals surface area contributed by atoms with Crippen LogP contribution in [0.25, 0.3) is 65.6 Å². The third-order valence-corrected chi connectivity index (χ3v) is 12.0. The summed E-state index contributed by atoms with van der Waals surface area (Å²) in [5.74, 6) is 1.28. The van der Waals surface area contributed by atoms with Crippen molar-refractivity contribution in [2.45, 2.75) is 18.4 Å². The highest BCUT2D eigenvalue weighted by Gasteiger charge is 2.56. The predicted octanol–water partition coefficient (Wildman–Crippen LogP) is 12.8. The van der Waals surface area contributed by atoms with Gasteiger partial charge in [0, 0.05) is 5.92 Å². The van der Waals surface area contributed by atoms with Crippen molar-refractivity contribution in [1.82, 2.24) is 9.55 Å². The number of allylic oxidation sites excluding steroid dienone is 4. The molecule has 53 heavy (non-hydrogen) atoms. The van der Waals surface area contributed by atoms with Gasteiger partial charge in [-0.25, -0.2) is 4.98 Å². The number of para-hydroxylation sites is 2. The topological polar surface area (TPSA) is 17.8 Å². The zero-order chi connectivity index (χ0) is 35.1. The molecule has 3 unspecified atom stereocenters. The van der Waals surface area contributed by atoms with Gasteiger partial charge < -0.3 is 4.57 Å². The van der Waals surface area contributed by atoms with Crippen molar-refractivity contribution in [3.05, 3.63) is 211 Å². The molecule has 9 aromatic rings. The van der Waals surface area contributed by atoms with Crippen molar-refractivity contribution >= 4 is 43.4 Å². The summed E-state index contributed by atoms with van der Waals surface area (Å²) < 4.78 is 2.51. The van der Waals surface area contributed by atoms with Gasteiger partial charge in [-0.2, -0.15) is 0 Å². The van der Waals surface area contributed by atoms with E-state index in [1.165, 1.54) is 76.8 Å². The molecule has 0 fully saturated rings. The molecule has 2 nitrogen and oxygen atoms in total. The Morgan fingerprint density at radius 1 is 0.491 bits per heavy atom. The molecular formula is C51H36N2. The molecule has 1 aliphatic carbocycles. The van der Waals surface area contributed by atoms with Crippen LogP contribution in [0.15, 0.2) is 188 Å². The second kappa shape index (κ2) is 11.5. The minimum Gasteiger partial charge on any atom is -0.319 e. The van der Waals surface area contributed by atoms with E-state index in [1.807, 2.05) is 0 Å². The molecule has 8 aromatic carbocycles. The Kier molecular flexibility index (Phi) is 6.54. The normalized spacial score (nSPS) is 19.0. The maximum absolute atomic E-state index is 5.48. The molecule has 2 aliphatic rings. The third kappa shape index (κ3) is 4.30. The first-order valence-electron chi connectivity index (χ1n) is 18.6. The standard InChI is InChI=1S/C51H36N2/c1-33-26-27-37(35-15-13-14-34(30-35)36-28-29-43-41-20-6-5-18-39(41)40-19-7-8-21-42(40)44(43)31-36)32-46(33)51(38-16-3-2-4-17-38)45-22-9-11-24-48(45)53-49-25-12-10-23-47(49)52-50(51)53/h2-32,45,48H,1H3. The summed E-state index contributed by atoms with van der Waals surface area (Å²) in [7, 11) is 0. The lowest BCUT2D eigenvalue weighted by molar-refractivity contribution is 0.429. The number of aryl methyl sites for hydroxylation is 1. The monoisotopic (exact) mass is 676 g/mol. The van der Waals surface area contributed by atoms with Crippen LogP contribution in [0.3, 0.4) is 0 Å². The first kappa shape index (κ1) is 30.1. The fraction of sp³-hybridized carbons (Fsp3) is 0.0784. The van der Waals surface area contributed by atoms with Gasteiger partial charge in [-0.05, 0) is 109 Å². The Bertz CT molecular complexity index is 2950. The van der Waals surface area contributed by atoms with Crippen LogP contribution in [-0.2, 0) is 5.41 Å². The molecule has 2 heteroatoms. The number of nitrogens with zero attached hydrogens (tertiary/aromatic N) is 2. The Morgan fingerprint density at radius 3 is 1.83 bits per heavy atom. The maximum atomic E-state index is 5.48. The number of imidazole rings is 1. The smallest absolute Gasteiger partial charge is 0.126 e. The van der Waals surface area contributed by atoms with Crippen LogP contribution in [0.2, 0.25) is 0 Å². The van der Waals surface area contributed by atoms with Crippen molar-refractivity contribution in [3.63, 3.8) is 0 Å². The van der Waals surface area contributed by atoms with Crippen molar-refractivity contribution in [2.24, 2.45) is 5.92 Å². The van der Waals surface area contributed by atoms with Gasteiger partial charge in [0.15, 0.2) is 0 Å². The van der Waals surface area contributed by atoms with Crippen molar-refractivity contribution in [3.8, 4) is 22.3 Å². The molecule has 0 amide bonds. The van der Waals surface area contributed by atoms with Crippen LogP contribution in [0.4, 0.5) is 0 Å². The number of rotatable bonds is 4. The summed E-state index contributed by atoms with van der Waals surface area (Å²) in [6.07, 6.45) is 9.21. The predicted molar refractivity (Wildman–Crippen MR) is 221 cm³/mol. The lowest BCUT2D eigenvalue weighted by atomic mass is 9.63. The second-order valence-electron chi connectivity index (χ2n) is 14.7. The van der Waals surface area contributed by atoms with Crippen molar-refractivity contribution in [1.29, 1.82) is 0 Å². The third-order valence-electron chi connectivity index (χ3n) is 12.0. The van der Waals surface area contributed by atoms with Crippen molar-refractivity contribution < 1.29 is 0 Å². The summed E-state index contributed by atoms with van der Waals surface area (Å²) in [6, 6.07) is 60.6. The minimum absolute atomic E-state index is 0.162. The second-order valence-corrected chi connectivity index (χ2v) is 14.7. The summed E-state index contributed by atoms with van der Waals surface area (Å²) in [6.45, 7) is 2.27. The average Bonchev–Trinajstić information content (AvgIpc) is 3.75. The fourth-order valence-corrected chi connectivity index (χ4v) is 9.69. The van der Waals surface area contributed by atoms with Gasteiger partial charge >= 0.3 is 0 Å². The molecule has 1 aliphatic heterocycles. The van der Waals surface area contributed by atoms with Gasteiger partial charge in [-0.15, -0.1) is 0 Å². The van der Waals surface area contributed by atoms with Crippen molar-refractivity contribution in [2.75, 3.05) is 0 Å². The lowest BCUT2D eigenvalue weighted by Gasteiger charge is -2.37. The minimum atomic E-state index is -0.480. The lowest BCUT2D eigenvalue weighted by Crippen LogP contribution is -2.36. The maximum Gasteiger partial charge on any atom is 0.126 e. The summed E-state index contributed by atoms with van der Waals surface area (Å²) in [4.78, 5) is 5.48. The molecule has 0 saturated carbocycles. The summed E-state index contributed by atoms with van der Waals surface area (Å²) >= 11 is 0. The highest BCUT2D eigenvalue weighted by molar-refractivity contribution is 6.25. The van der Waals surface area contributed by atoms with Gasteiger partial charge in [-0.3, -0.25) is 0 Å². The van der Waals surface area contributed by atoms with Crippen LogP contribution in [0.1, 0.15) is 28.6 Å².